The lowest BCUT2D eigenvalue weighted by Crippen LogP contribution is -2.29. The number of anilines is 1. The van der Waals surface area contributed by atoms with E-state index in [4.69, 9.17) is 4.74 Å². The SMILES string of the molecule is FC(F)(F)c1ccnc(N[C@@H]2COC[C@H]2Cc2ccncc2)c1. The Kier molecular flexibility index (Phi) is 4.47. The van der Waals surface area contributed by atoms with Crippen molar-refractivity contribution in [3.05, 3.63) is 54.0 Å². The molecule has 7 heteroatoms. The number of pyridine rings is 2. The monoisotopic (exact) mass is 323 g/mol. The van der Waals surface area contributed by atoms with E-state index in [-0.39, 0.29) is 17.8 Å². The van der Waals surface area contributed by atoms with Gasteiger partial charge in [0.1, 0.15) is 5.82 Å². The van der Waals surface area contributed by atoms with Crippen molar-refractivity contribution in [1.82, 2.24) is 9.97 Å². The number of nitrogens with zero attached hydrogens (tertiary/aromatic N) is 2. The molecule has 3 rings (SSSR count). The van der Waals surface area contributed by atoms with Crippen molar-refractivity contribution in [2.45, 2.75) is 18.6 Å². The van der Waals surface area contributed by atoms with Crippen LogP contribution in [0, 0.1) is 5.92 Å². The first-order valence-corrected chi connectivity index (χ1v) is 7.29. The second-order valence-corrected chi connectivity index (χ2v) is 5.54. The van der Waals surface area contributed by atoms with Gasteiger partial charge in [-0.1, -0.05) is 0 Å². The molecular formula is C16H16F3N3O. The van der Waals surface area contributed by atoms with Crippen LogP contribution in [0.2, 0.25) is 0 Å². The number of alkyl halides is 3. The number of hydrogen-bond acceptors (Lipinski definition) is 4. The maximum atomic E-state index is 12.8. The summed E-state index contributed by atoms with van der Waals surface area (Å²) >= 11 is 0. The van der Waals surface area contributed by atoms with E-state index >= 15 is 0 Å². The number of hydrogen-bond donors (Lipinski definition) is 1. The Morgan fingerprint density at radius 3 is 2.65 bits per heavy atom. The number of halogens is 3. The van der Waals surface area contributed by atoms with Gasteiger partial charge in [0.2, 0.25) is 0 Å². The summed E-state index contributed by atoms with van der Waals surface area (Å²) in [6, 6.07) is 5.78. The van der Waals surface area contributed by atoms with E-state index in [1.165, 1.54) is 6.20 Å². The molecule has 0 bridgehead atoms. The largest absolute Gasteiger partial charge is 0.416 e. The summed E-state index contributed by atoms with van der Waals surface area (Å²) in [5.41, 5.74) is 0.416. The molecule has 4 nitrogen and oxygen atoms in total. The van der Waals surface area contributed by atoms with Crippen molar-refractivity contribution < 1.29 is 17.9 Å². The fraction of sp³-hybridized carbons (Fsp3) is 0.375. The van der Waals surface area contributed by atoms with Gasteiger partial charge < -0.3 is 10.1 Å². The molecule has 2 aromatic rings. The summed E-state index contributed by atoms with van der Waals surface area (Å²) in [7, 11) is 0. The van der Waals surface area contributed by atoms with Crippen molar-refractivity contribution in [3.63, 3.8) is 0 Å². The first-order chi connectivity index (χ1) is 11.0. The maximum absolute atomic E-state index is 12.8. The lowest BCUT2D eigenvalue weighted by molar-refractivity contribution is -0.137. The fourth-order valence-electron chi connectivity index (χ4n) is 2.66. The fourth-order valence-corrected chi connectivity index (χ4v) is 2.66. The Morgan fingerprint density at radius 2 is 1.91 bits per heavy atom. The quantitative estimate of drug-likeness (QED) is 0.939. The van der Waals surface area contributed by atoms with Crippen LogP contribution >= 0.6 is 0 Å². The minimum Gasteiger partial charge on any atom is -0.379 e. The van der Waals surface area contributed by atoms with E-state index in [1.54, 1.807) is 12.4 Å². The molecule has 0 saturated carbocycles. The minimum absolute atomic E-state index is 0.0702. The summed E-state index contributed by atoms with van der Waals surface area (Å²) in [5, 5.41) is 3.07. The van der Waals surface area contributed by atoms with Gasteiger partial charge in [-0.3, -0.25) is 4.98 Å². The molecule has 23 heavy (non-hydrogen) atoms. The normalized spacial score (nSPS) is 21.3. The lowest BCUT2D eigenvalue weighted by Gasteiger charge is -2.20. The van der Waals surface area contributed by atoms with Gasteiger partial charge in [-0.05, 0) is 36.2 Å². The number of rotatable bonds is 4. The highest BCUT2D eigenvalue weighted by molar-refractivity contribution is 5.40. The van der Waals surface area contributed by atoms with Gasteiger partial charge in [-0.25, -0.2) is 4.98 Å². The van der Waals surface area contributed by atoms with Crippen LogP contribution in [-0.2, 0) is 17.3 Å². The molecule has 122 valence electrons. The number of nitrogens with one attached hydrogen (secondary N) is 1. The van der Waals surface area contributed by atoms with Crippen LogP contribution in [0.3, 0.4) is 0 Å². The summed E-state index contributed by atoms with van der Waals surface area (Å²) < 4.78 is 43.8. The summed E-state index contributed by atoms with van der Waals surface area (Å²) in [6.45, 7) is 1.02. The van der Waals surface area contributed by atoms with E-state index < -0.39 is 11.7 Å². The predicted molar refractivity (Wildman–Crippen MR) is 78.9 cm³/mol. The average molecular weight is 323 g/mol. The molecule has 2 aromatic heterocycles. The van der Waals surface area contributed by atoms with Crippen LogP contribution in [0.15, 0.2) is 42.9 Å². The van der Waals surface area contributed by atoms with Crippen molar-refractivity contribution in [3.8, 4) is 0 Å². The molecule has 1 aliphatic heterocycles. The van der Waals surface area contributed by atoms with Gasteiger partial charge in [0.25, 0.3) is 0 Å². The molecule has 1 fully saturated rings. The maximum Gasteiger partial charge on any atom is 0.416 e. The Bertz CT molecular complexity index is 649. The van der Waals surface area contributed by atoms with Gasteiger partial charge in [-0.15, -0.1) is 0 Å². The van der Waals surface area contributed by atoms with E-state index in [0.717, 1.165) is 24.1 Å². The zero-order valence-corrected chi connectivity index (χ0v) is 12.3. The number of aromatic nitrogens is 2. The molecule has 0 unspecified atom stereocenters. The van der Waals surface area contributed by atoms with Crippen LogP contribution in [0.1, 0.15) is 11.1 Å². The molecule has 0 amide bonds. The van der Waals surface area contributed by atoms with Gasteiger partial charge in [0, 0.05) is 24.5 Å². The number of ether oxygens (including phenoxy) is 1. The van der Waals surface area contributed by atoms with Crippen molar-refractivity contribution >= 4 is 5.82 Å². The zero-order valence-electron chi connectivity index (χ0n) is 12.3. The van der Waals surface area contributed by atoms with Gasteiger partial charge in [-0.2, -0.15) is 13.2 Å². The van der Waals surface area contributed by atoms with Crippen LogP contribution in [0.4, 0.5) is 19.0 Å². The Hall–Kier alpha value is -2.15. The molecule has 1 aliphatic rings. The molecule has 3 heterocycles. The molecule has 1 saturated heterocycles. The van der Waals surface area contributed by atoms with Gasteiger partial charge >= 0.3 is 6.18 Å². The Balaban J connectivity index is 1.69. The molecule has 0 aliphatic carbocycles. The molecule has 0 spiro atoms. The smallest absolute Gasteiger partial charge is 0.379 e. The highest BCUT2D eigenvalue weighted by Crippen LogP contribution is 2.30. The van der Waals surface area contributed by atoms with Crippen LogP contribution in [0.5, 0.6) is 0 Å². The molecule has 0 radical (unpaired) electrons. The Labute approximate surface area is 131 Å². The third-order valence-corrected chi connectivity index (χ3v) is 3.87. The highest BCUT2D eigenvalue weighted by atomic mass is 19.4. The standard InChI is InChI=1S/C16H16F3N3O/c17-16(18,19)13-3-6-21-15(8-13)22-14-10-23-9-12(14)7-11-1-4-20-5-2-11/h1-6,8,12,14H,7,9-10H2,(H,21,22)/t12-,14-/m1/s1. The van der Waals surface area contributed by atoms with E-state index in [0.29, 0.717) is 13.2 Å². The van der Waals surface area contributed by atoms with Gasteiger partial charge in [0.15, 0.2) is 0 Å². The van der Waals surface area contributed by atoms with Gasteiger partial charge in [0.05, 0.1) is 24.8 Å². The van der Waals surface area contributed by atoms with Crippen molar-refractivity contribution in [2.75, 3.05) is 18.5 Å². The zero-order chi connectivity index (χ0) is 16.3. The topological polar surface area (TPSA) is 47.0 Å². The van der Waals surface area contributed by atoms with E-state index in [9.17, 15) is 13.2 Å². The molecule has 1 N–H and O–H groups in total. The summed E-state index contributed by atoms with van der Waals surface area (Å²) in [5.74, 6) is 0.392. The highest BCUT2D eigenvalue weighted by Gasteiger charge is 2.32. The summed E-state index contributed by atoms with van der Waals surface area (Å²) in [6.07, 6.45) is 1.02. The second kappa shape index (κ2) is 6.54. The lowest BCUT2D eigenvalue weighted by atomic mass is 9.95. The summed E-state index contributed by atoms with van der Waals surface area (Å²) in [4.78, 5) is 7.96. The Morgan fingerprint density at radius 1 is 1.13 bits per heavy atom. The predicted octanol–water partition coefficient (Wildman–Crippen LogP) is 3.17. The van der Waals surface area contributed by atoms with Crippen LogP contribution < -0.4 is 5.32 Å². The second-order valence-electron chi connectivity index (χ2n) is 5.54. The van der Waals surface area contributed by atoms with Crippen LogP contribution in [-0.4, -0.2) is 29.2 Å². The first kappa shape index (κ1) is 15.7. The molecular weight excluding hydrogens is 307 g/mol. The third kappa shape index (κ3) is 3.98. The molecule has 2 atom stereocenters. The average Bonchev–Trinajstić information content (AvgIpc) is 2.95. The molecule has 0 aromatic carbocycles. The van der Waals surface area contributed by atoms with Crippen molar-refractivity contribution in [1.29, 1.82) is 0 Å². The third-order valence-electron chi connectivity index (χ3n) is 3.87. The van der Waals surface area contributed by atoms with E-state index in [1.807, 2.05) is 12.1 Å². The van der Waals surface area contributed by atoms with Crippen molar-refractivity contribution in [2.24, 2.45) is 5.92 Å². The minimum atomic E-state index is -4.37. The van der Waals surface area contributed by atoms with Crippen LogP contribution in [0.25, 0.3) is 0 Å². The first-order valence-electron chi connectivity index (χ1n) is 7.29. The van der Waals surface area contributed by atoms with E-state index in [2.05, 4.69) is 15.3 Å².